The van der Waals surface area contributed by atoms with Gasteiger partial charge in [-0.1, -0.05) is 6.07 Å². The van der Waals surface area contributed by atoms with Crippen molar-refractivity contribution in [1.82, 2.24) is 10.3 Å². The highest BCUT2D eigenvalue weighted by Crippen LogP contribution is 2.21. The van der Waals surface area contributed by atoms with Crippen LogP contribution >= 0.6 is 11.8 Å². The fourth-order valence-corrected chi connectivity index (χ4v) is 2.40. The van der Waals surface area contributed by atoms with E-state index in [9.17, 15) is 0 Å². The van der Waals surface area contributed by atoms with Crippen molar-refractivity contribution >= 4 is 11.8 Å². The van der Waals surface area contributed by atoms with Gasteiger partial charge >= 0.3 is 0 Å². The Hall–Kier alpha value is -0.540. The molecule has 1 saturated heterocycles. The van der Waals surface area contributed by atoms with Gasteiger partial charge in [-0.25, -0.2) is 10.3 Å². The minimum atomic E-state index is 0.784. The van der Waals surface area contributed by atoms with Gasteiger partial charge in [0.15, 0.2) is 0 Å². The van der Waals surface area contributed by atoms with Gasteiger partial charge in [0.1, 0.15) is 0 Å². The normalized spacial score (nSPS) is 22.0. The molecule has 2 nitrogen and oxygen atoms in total. The molecule has 0 aliphatic carbocycles. The van der Waals surface area contributed by atoms with Crippen LogP contribution in [0.15, 0.2) is 29.4 Å². The highest BCUT2D eigenvalue weighted by atomic mass is 32.2. The van der Waals surface area contributed by atoms with Crippen LogP contribution in [0.2, 0.25) is 0 Å². The lowest BCUT2D eigenvalue weighted by Crippen LogP contribution is -2.05. The summed E-state index contributed by atoms with van der Waals surface area (Å²) in [6, 6.07) is 6.06. The molecule has 1 fully saturated rings. The molecular weight excluding hydrogens is 180 g/mol. The summed E-state index contributed by atoms with van der Waals surface area (Å²) in [5.41, 5.74) is 0. The molecule has 1 aromatic heterocycles. The van der Waals surface area contributed by atoms with Crippen molar-refractivity contribution in [2.75, 3.05) is 18.8 Å². The molecule has 1 aliphatic heterocycles. The Labute approximate surface area is 83.1 Å². The van der Waals surface area contributed by atoms with Crippen LogP contribution in [0.4, 0.5) is 0 Å². The molecule has 1 radical (unpaired) electrons. The van der Waals surface area contributed by atoms with Crippen LogP contribution < -0.4 is 5.32 Å². The molecule has 2 rings (SSSR count). The predicted molar refractivity (Wildman–Crippen MR) is 54.9 cm³/mol. The van der Waals surface area contributed by atoms with Crippen LogP contribution in [0.25, 0.3) is 0 Å². The van der Waals surface area contributed by atoms with E-state index in [1.807, 2.05) is 30.1 Å². The van der Waals surface area contributed by atoms with E-state index in [0.29, 0.717) is 0 Å². The predicted octanol–water partition coefficient (Wildman–Crippen LogP) is 1.80. The van der Waals surface area contributed by atoms with Crippen LogP contribution in [-0.4, -0.2) is 23.8 Å². The fourth-order valence-electron chi connectivity index (χ4n) is 1.41. The van der Waals surface area contributed by atoms with Gasteiger partial charge in [-0.2, -0.15) is 0 Å². The molecule has 1 atom stereocenters. The molecule has 1 unspecified atom stereocenters. The summed E-state index contributed by atoms with van der Waals surface area (Å²) in [7, 11) is 0. The van der Waals surface area contributed by atoms with E-state index in [0.717, 1.165) is 24.0 Å². The lowest BCUT2D eigenvalue weighted by atomic mass is 10.2. The number of hydrogen-bond acceptors (Lipinski definition) is 2. The van der Waals surface area contributed by atoms with Crippen molar-refractivity contribution in [2.45, 2.75) is 11.4 Å². The van der Waals surface area contributed by atoms with Crippen molar-refractivity contribution in [3.63, 3.8) is 0 Å². The second-order valence-corrected chi connectivity index (χ2v) is 4.30. The maximum atomic E-state index is 4.34. The first-order valence-electron chi connectivity index (χ1n) is 4.62. The number of pyridine rings is 1. The number of hydrogen-bond donors (Lipinski definition) is 0. The van der Waals surface area contributed by atoms with Gasteiger partial charge in [0, 0.05) is 25.0 Å². The van der Waals surface area contributed by atoms with Crippen LogP contribution in [0.5, 0.6) is 0 Å². The molecule has 69 valence electrons. The zero-order valence-electron chi connectivity index (χ0n) is 7.52. The zero-order valence-corrected chi connectivity index (χ0v) is 8.33. The molecule has 0 spiro atoms. The highest BCUT2D eigenvalue weighted by Gasteiger charge is 2.15. The number of thioether (sulfide) groups is 1. The molecule has 1 aliphatic rings. The Balaban J connectivity index is 1.79. The molecule has 3 heteroatoms. The first-order chi connectivity index (χ1) is 6.45. The van der Waals surface area contributed by atoms with Crippen molar-refractivity contribution < 1.29 is 0 Å². The van der Waals surface area contributed by atoms with Crippen LogP contribution in [0, 0.1) is 5.92 Å². The first kappa shape index (κ1) is 9.03. The van der Waals surface area contributed by atoms with E-state index >= 15 is 0 Å². The summed E-state index contributed by atoms with van der Waals surface area (Å²) in [6.07, 6.45) is 3.11. The monoisotopic (exact) mass is 193 g/mol. The summed E-state index contributed by atoms with van der Waals surface area (Å²) in [5.74, 6) is 1.95. The summed E-state index contributed by atoms with van der Waals surface area (Å²) >= 11 is 1.85. The SMILES string of the molecule is c1ccc(SCC2CC[N]C2)nc1. The number of nitrogens with zero attached hydrogens (tertiary/aromatic N) is 2. The summed E-state index contributed by atoms with van der Waals surface area (Å²) in [4.78, 5) is 4.27. The molecular formula is C10H13N2S. The Morgan fingerprint density at radius 1 is 1.46 bits per heavy atom. The van der Waals surface area contributed by atoms with Gasteiger partial charge in [-0.3, -0.25) is 0 Å². The van der Waals surface area contributed by atoms with Crippen LogP contribution in [-0.2, 0) is 0 Å². The van der Waals surface area contributed by atoms with Gasteiger partial charge in [-0.15, -0.1) is 11.8 Å². The first-order valence-corrected chi connectivity index (χ1v) is 5.61. The third-order valence-corrected chi connectivity index (χ3v) is 3.36. The quantitative estimate of drug-likeness (QED) is 0.684. The number of rotatable bonds is 3. The Kier molecular flexibility index (Phi) is 3.22. The summed E-state index contributed by atoms with van der Waals surface area (Å²) in [6.45, 7) is 2.12. The Bertz CT molecular complexity index is 244. The average molecular weight is 193 g/mol. The smallest absolute Gasteiger partial charge is 0.0959 e. The van der Waals surface area contributed by atoms with E-state index in [-0.39, 0.29) is 0 Å². The third kappa shape index (κ3) is 2.71. The lowest BCUT2D eigenvalue weighted by Gasteiger charge is -2.05. The highest BCUT2D eigenvalue weighted by molar-refractivity contribution is 7.99. The van der Waals surface area contributed by atoms with Crippen molar-refractivity contribution in [1.29, 1.82) is 0 Å². The molecule has 0 N–H and O–H groups in total. The molecule has 0 saturated carbocycles. The molecule has 1 aromatic rings. The molecule has 0 amide bonds. The van der Waals surface area contributed by atoms with Gasteiger partial charge in [0.2, 0.25) is 0 Å². The van der Waals surface area contributed by atoms with E-state index in [2.05, 4.69) is 16.4 Å². The molecule has 0 aromatic carbocycles. The topological polar surface area (TPSA) is 27.0 Å². The minimum Gasteiger partial charge on any atom is -0.250 e. The van der Waals surface area contributed by atoms with Crippen molar-refractivity contribution in [3.05, 3.63) is 24.4 Å². The zero-order chi connectivity index (χ0) is 8.93. The van der Waals surface area contributed by atoms with Gasteiger partial charge in [0.25, 0.3) is 0 Å². The summed E-state index contributed by atoms with van der Waals surface area (Å²) in [5, 5.41) is 5.48. The molecule has 0 bridgehead atoms. The van der Waals surface area contributed by atoms with Gasteiger partial charge in [-0.05, 0) is 24.5 Å². The standard InChI is InChI=1S/C10H13N2S/c1-2-5-12-10(3-1)13-8-9-4-6-11-7-9/h1-3,5,9H,4,6-8H2. The van der Waals surface area contributed by atoms with E-state index in [1.165, 1.54) is 12.2 Å². The maximum Gasteiger partial charge on any atom is 0.0959 e. The van der Waals surface area contributed by atoms with E-state index in [4.69, 9.17) is 0 Å². The number of aromatic nitrogens is 1. The maximum absolute atomic E-state index is 4.34. The Morgan fingerprint density at radius 3 is 3.15 bits per heavy atom. The summed E-state index contributed by atoms with van der Waals surface area (Å²) < 4.78 is 0. The second-order valence-electron chi connectivity index (χ2n) is 3.26. The van der Waals surface area contributed by atoms with Crippen molar-refractivity contribution in [3.8, 4) is 0 Å². The van der Waals surface area contributed by atoms with Gasteiger partial charge < -0.3 is 0 Å². The largest absolute Gasteiger partial charge is 0.250 e. The van der Waals surface area contributed by atoms with E-state index in [1.54, 1.807) is 0 Å². The third-order valence-electron chi connectivity index (χ3n) is 2.19. The van der Waals surface area contributed by atoms with E-state index < -0.39 is 0 Å². The second kappa shape index (κ2) is 4.63. The lowest BCUT2D eigenvalue weighted by molar-refractivity contribution is 0.660. The molecule has 2 heterocycles. The minimum absolute atomic E-state index is 0.784. The molecule has 13 heavy (non-hydrogen) atoms. The van der Waals surface area contributed by atoms with Crippen LogP contribution in [0.3, 0.4) is 0 Å². The van der Waals surface area contributed by atoms with Crippen LogP contribution in [0.1, 0.15) is 6.42 Å². The van der Waals surface area contributed by atoms with Gasteiger partial charge in [0.05, 0.1) is 5.03 Å². The average Bonchev–Trinajstić information content (AvgIpc) is 2.69. The Morgan fingerprint density at radius 2 is 2.46 bits per heavy atom. The van der Waals surface area contributed by atoms with Crippen molar-refractivity contribution in [2.24, 2.45) is 5.92 Å². The fraction of sp³-hybridized carbons (Fsp3) is 0.500.